The first kappa shape index (κ1) is 32.5. The summed E-state index contributed by atoms with van der Waals surface area (Å²) >= 11 is 0. The molecule has 0 saturated heterocycles. The normalized spacial score (nSPS) is 12.2. The molecule has 0 rings (SSSR count). The van der Waals surface area contributed by atoms with E-state index in [0.29, 0.717) is 6.42 Å². The summed E-state index contributed by atoms with van der Waals surface area (Å²) in [6.07, 6.45) is 33.5. The molecule has 33 heavy (non-hydrogen) atoms. The molecule has 0 aromatic rings. The van der Waals surface area contributed by atoms with Crippen LogP contribution in [0.5, 0.6) is 0 Å². The molecule has 0 fully saturated rings. The second-order valence-electron chi connectivity index (χ2n) is 10.4. The fourth-order valence-electron chi connectivity index (χ4n) is 4.63. The van der Waals surface area contributed by atoms with Gasteiger partial charge in [-0.15, -0.1) is 0 Å². The second-order valence-corrected chi connectivity index (χ2v) is 10.4. The molecule has 2 heteroatoms. The van der Waals surface area contributed by atoms with Crippen molar-refractivity contribution >= 4 is 5.97 Å². The summed E-state index contributed by atoms with van der Waals surface area (Å²) in [6.45, 7) is 8.59. The SMILES string of the molecule is [CH2]C(CCCCCCCCCCCCCCC)OC(=O)CCCCCCCCCCCCC. The largest absolute Gasteiger partial charge is 0.462 e. The highest BCUT2D eigenvalue weighted by molar-refractivity contribution is 5.69. The van der Waals surface area contributed by atoms with Crippen LogP contribution in [0, 0.1) is 6.92 Å². The van der Waals surface area contributed by atoms with Gasteiger partial charge in [0, 0.05) is 6.42 Å². The van der Waals surface area contributed by atoms with E-state index in [-0.39, 0.29) is 12.1 Å². The molecule has 0 aliphatic carbocycles. The van der Waals surface area contributed by atoms with Crippen LogP contribution in [0.2, 0.25) is 0 Å². The maximum absolute atomic E-state index is 12.0. The van der Waals surface area contributed by atoms with Crippen LogP contribution in [-0.2, 0) is 9.53 Å². The topological polar surface area (TPSA) is 26.3 Å². The minimum atomic E-state index is -0.155. The maximum Gasteiger partial charge on any atom is 0.306 e. The van der Waals surface area contributed by atoms with Gasteiger partial charge < -0.3 is 4.74 Å². The van der Waals surface area contributed by atoms with Crippen LogP contribution in [0.15, 0.2) is 0 Å². The Bertz CT molecular complexity index is 379. The highest BCUT2D eigenvalue weighted by Crippen LogP contribution is 2.15. The van der Waals surface area contributed by atoms with Crippen molar-refractivity contribution in [3.8, 4) is 0 Å². The molecule has 0 spiro atoms. The van der Waals surface area contributed by atoms with E-state index in [4.69, 9.17) is 4.74 Å². The Morgan fingerprint density at radius 3 is 1.18 bits per heavy atom. The molecule has 1 radical (unpaired) electrons. The van der Waals surface area contributed by atoms with E-state index in [1.807, 2.05) is 0 Å². The quantitative estimate of drug-likeness (QED) is 0.0890. The monoisotopic (exact) mass is 465 g/mol. The Labute approximate surface area is 209 Å². The lowest BCUT2D eigenvalue weighted by molar-refractivity contribution is -0.147. The van der Waals surface area contributed by atoms with E-state index < -0.39 is 0 Å². The van der Waals surface area contributed by atoms with Crippen molar-refractivity contribution in [2.45, 2.75) is 187 Å². The van der Waals surface area contributed by atoms with E-state index in [0.717, 1.165) is 25.7 Å². The smallest absolute Gasteiger partial charge is 0.306 e. The molecule has 0 aromatic heterocycles. The molecule has 0 bridgehead atoms. The molecular weight excluding hydrogens is 404 g/mol. The third-order valence-electron chi connectivity index (χ3n) is 6.91. The second kappa shape index (κ2) is 27.7. The molecule has 0 aliphatic rings. The molecule has 0 amide bonds. The zero-order chi connectivity index (χ0) is 24.2. The van der Waals surface area contributed by atoms with Crippen molar-refractivity contribution in [1.82, 2.24) is 0 Å². The third-order valence-corrected chi connectivity index (χ3v) is 6.91. The fourth-order valence-corrected chi connectivity index (χ4v) is 4.63. The van der Waals surface area contributed by atoms with Gasteiger partial charge in [-0.2, -0.15) is 0 Å². The number of carbonyl (C=O) groups is 1. The molecule has 0 saturated carbocycles. The number of ether oxygens (including phenoxy) is 1. The van der Waals surface area contributed by atoms with Crippen molar-refractivity contribution < 1.29 is 9.53 Å². The van der Waals surface area contributed by atoms with Crippen LogP contribution in [0.3, 0.4) is 0 Å². The van der Waals surface area contributed by atoms with E-state index in [1.165, 1.54) is 135 Å². The minimum Gasteiger partial charge on any atom is -0.462 e. The van der Waals surface area contributed by atoms with Crippen LogP contribution in [0.1, 0.15) is 181 Å². The summed E-state index contributed by atoms with van der Waals surface area (Å²) in [5.41, 5.74) is 0. The highest BCUT2D eigenvalue weighted by atomic mass is 16.5. The standard InChI is InChI=1S/C31H61O2/c1-4-6-8-10-12-14-16-17-19-20-22-24-26-28-30(3)33-31(32)29-27-25-23-21-18-15-13-11-9-7-5-2/h30H,3-29H2,1-2H3. The van der Waals surface area contributed by atoms with Gasteiger partial charge in [-0.25, -0.2) is 0 Å². The number of esters is 1. The summed E-state index contributed by atoms with van der Waals surface area (Å²) in [5.74, 6) is -0.0411. The third kappa shape index (κ3) is 27.6. The molecule has 197 valence electrons. The Balaban J connectivity index is 3.29. The van der Waals surface area contributed by atoms with Crippen LogP contribution < -0.4 is 0 Å². The van der Waals surface area contributed by atoms with Crippen molar-refractivity contribution in [1.29, 1.82) is 0 Å². The predicted molar refractivity (Wildman–Crippen MR) is 147 cm³/mol. The molecule has 1 atom stereocenters. The van der Waals surface area contributed by atoms with Crippen LogP contribution in [-0.4, -0.2) is 12.1 Å². The molecule has 0 aromatic carbocycles. The van der Waals surface area contributed by atoms with Gasteiger partial charge in [0.1, 0.15) is 6.10 Å². The number of hydrogen-bond acceptors (Lipinski definition) is 2. The first-order chi connectivity index (χ1) is 16.2. The molecule has 0 N–H and O–H groups in total. The lowest BCUT2D eigenvalue weighted by Gasteiger charge is -2.13. The van der Waals surface area contributed by atoms with Crippen molar-refractivity contribution in [3.63, 3.8) is 0 Å². The van der Waals surface area contributed by atoms with Gasteiger partial charge in [-0.3, -0.25) is 4.79 Å². The highest BCUT2D eigenvalue weighted by Gasteiger charge is 2.09. The van der Waals surface area contributed by atoms with E-state index in [9.17, 15) is 4.79 Å². The van der Waals surface area contributed by atoms with E-state index in [1.54, 1.807) is 0 Å². The van der Waals surface area contributed by atoms with Gasteiger partial charge in [0.05, 0.1) is 0 Å². The first-order valence-corrected chi connectivity index (χ1v) is 15.2. The number of rotatable bonds is 27. The zero-order valence-electron chi connectivity index (χ0n) is 23.0. The van der Waals surface area contributed by atoms with E-state index in [2.05, 4.69) is 20.8 Å². The molecule has 2 nitrogen and oxygen atoms in total. The van der Waals surface area contributed by atoms with Crippen molar-refractivity contribution in [2.24, 2.45) is 0 Å². The zero-order valence-corrected chi connectivity index (χ0v) is 23.0. The summed E-state index contributed by atoms with van der Waals surface area (Å²) in [5, 5.41) is 0. The van der Waals surface area contributed by atoms with Crippen LogP contribution >= 0.6 is 0 Å². The number of unbranched alkanes of at least 4 members (excludes halogenated alkanes) is 22. The lowest BCUT2D eigenvalue weighted by Crippen LogP contribution is -2.14. The van der Waals surface area contributed by atoms with Crippen molar-refractivity contribution in [2.75, 3.05) is 0 Å². The van der Waals surface area contributed by atoms with Crippen LogP contribution in [0.25, 0.3) is 0 Å². The molecule has 0 aliphatic heterocycles. The predicted octanol–water partition coefficient (Wildman–Crippen LogP) is 10.9. The first-order valence-electron chi connectivity index (χ1n) is 15.2. The average molecular weight is 466 g/mol. The number of hydrogen-bond donors (Lipinski definition) is 0. The summed E-state index contributed by atoms with van der Waals surface area (Å²) in [4.78, 5) is 12.0. The summed E-state index contributed by atoms with van der Waals surface area (Å²) in [7, 11) is 0. The van der Waals surface area contributed by atoms with Crippen molar-refractivity contribution in [3.05, 3.63) is 6.92 Å². The fraction of sp³-hybridized carbons (Fsp3) is 0.935. The summed E-state index contributed by atoms with van der Waals surface area (Å²) < 4.78 is 5.50. The van der Waals surface area contributed by atoms with E-state index >= 15 is 0 Å². The molecular formula is C31H61O2. The lowest BCUT2D eigenvalue weighted by atomic mass is 10.0. The Hall–Kier alpha value is -0.530. The molecule has 1 unspecified atom stereocenters. The summed E-state index contributed by atoms with van der Waals surface area (Å²) in [6, 6.07) is 0. The van der Waals surface area contributed by atoms with Gasteiger partial charge in [-0.1, -0.05) is 155 Å². The maximum atomic E-state index is 12.0. The Morgan fingerprint density at radius 2 is 0.818 bits per heavy atom. The van der Waals surface area contributed by atoms with Gasteiger partial charge in [0.2, 0.25) is 0 Å². The van der Waals surface area contributed by atoms with Crippen LogP contribution in [0.4, 0.5) is 0 Å². The van der Waals surface area contributed by atoms with Gasteiger partial charge in [-0.05, 0) is 26.2 Å². The minimum absolute atomic E-state index is 0.0411. The Kier molecular flexibility index (Phi) is 27.3. The molecule has 0 heterocycles. The Morgan fingerprint density at radius 1 is 0.515 bits per heavy atom. The van der Waals surface area contributed by atoms with Gasteiger partial charge >= 0.3 is 5.97 Å². The van der Waals surface area contributed by atoms with Gasteiger partial charge in [0.25, 0.3) is 0 Å². The average Bonchev–Trinajstić information content (AvgIpc) is 2.80. The van der Waals surface area contributed by atoms with Gasteiger partial charge in [0.15, 0.2) is 0 Å². The number of carbonyl (C=O) groups excluding carboxylic acids is 1.